The average Bonchev–Trinajstić information content (AvgIpc) is 3.23. The molecule has 2 heterocycles. The van der Waals surface area contributed by atoms with Crippen LogP contribution >= 0.6 is 0 Å². The summed E-state index contributed by atoms with van der Waals surface area (Å²) in [4.78, 5) is 19.9. The average molecular weight is 420 g/mol. The topological polar surface area (TPSA) is 118 Å². The number of hydrogen-bond donors (Lipinski definition) is 3. The van der Waals surface area contributed by atoms with Gasteiger partial charge in [0.25, 0.3) is 5.91 Å². The number of carbonyl (C=O) groups excluding carboxylic acids is 1. The minimum absolute atomic E-state index is 0.0175. The van der Waals surface area contributed by atoms with Gasteiger partial charge < -0.3 is 10.3 Å². The predicted molar refractivity (Wildman–Crippen MR) is 115 cm³/mol. The number of aromatic amines is 1. The number of primary sulfonamides is 1. The molecule has 0 aliphatic rings. The molecule has 4 N–H and O–H groups in total. The number of nitrogens with two attached hydrogens (primary N) is 1. The zero-order chi connectivity index (χ0) is 21.1. The number of sulfonamides is 1. The molecule has 30 heavy (non-hydrogen) atoms. The van der Waals surface area contributed by atoms with Gasteiger partial charge in [0.15, 0.2) is 0 Å². The third kappa shape index (κ3) is 4.10. The Labute approximate surface area is 174 Å². The smallest absolute Gasteiger partial charge is 0.251 e. The quantitative estimate of drug-likeness (QED) is 0.444. The highest BCUT2D eigenvalue weighted by atomic mass is 32.2. The number of fused-ring (bicyclic) bond motifs is 1. The number of rotatable bonds is 6. The third-order valence-electron chi connectivity index (χ3n) is 4.86. The molecule has 0 aliphatic carbocycles. The van der Waals surface area contributed by atoms with E-state index in [9.17, 15) is 13.2 Å². The van der Waals surface area contributed by atoms with Crippen molar-refractivity contribution < 1.29 is 13.2 Å². The van der Waals surface area contributed by atoms with Crippen LogP contribution in [0.25, 0.3) is 22.2 Å². The maximum Gasteiger partial charge on any atom is 0.251 e. The lowest BCUT2D eigenvalue weighted by Gasteiger charge is -2.13. The van der Waals surface area contributed by atoms with Crippen LogP contribution in [0.1, 0.15) is 15.9 Å². The Morgan fingerprint density at radius 1 is 1.07 bits per heavy atom. The first-order valence-electron chi connectivity index (χ1n) is 9.35. The molecule has 2 aromatic heterocycles. The second-order valence-corrected chi connectivity index (χ2v) is 8.40. The summed E-state index contributed by atoms with van der Waals surface area (Å²) in [5, 5.41) is 9.11. The minimum atomic E-state index is -3.87. The van der Waals surface area contributed by atoms with Crippen LogP contribution in [0.3, 0.4) is 0 Å². The van der Waals surface area contributed by atoms with Crippen molar-refractivity contribution in [3.05, 3.63) is 84.2 Å². The van der Waals surface area contributed by atoms with Crippen LogP contribution in [-0.4, -0.2) is 30.8 Å². The van der Waals surface area contributed by atoms with E-state index < -0.39 is 10.0 Å². The molecule has 4 rings (SSSR count). The van der Waals surface area contributed by atoms with Gasteiger partial charge in [0.1, 0.15) is 0 Å². The zero-order valence-electron chi connectivity index (χ0n) is 16.0. The van der Waals surface area contributed by atoms with Gasteiger partial charge in [-0.1, -0.05) is 24.3 Å². The van der Waals surface area contributed by atoms with Crippen LogP contribution in [0.2, 0.25) is 0 Å². The number of benzene rings is 2. The van der Waals surface area contributed by atoms with E-state index in [4.69, 9.17) is 5.14 Å². The summed E-state index contributed by atoms with van der Waals surface area (Å²) in [5.41, 5.74) is 3.66. The Morgan fingerprint density at radius 3 is 2.63 bits per heavy atom. The number of hydrogen-bond acceptors (Lipinski definition) is 4. The van der Waals surface area contributed by atoms with Gasteiger partial charge in [-0.05, 0) is 48.4 Å². The maximum atomic E-state index is 12.3. The van der Waals surface area contributed by atoms with Crippen molar-refractivity contribution in [1.82, 2.24) is 15.3 Å². The minimum Gasteiger partial charge on any atom is -0.361 e. The highest BCUT2D eigenvalue weighted by molar-refractivity contribution is 7.89. The number of H-pyrrole nitrogens is 1. The molecule has 0 saturated heterocycles. The molecule has 2 aromatic carbocycles. The third-order valence-corrected chi connectivity index (χ3v) is 5.77. The molecule has 0 aliphatic heterocycles. The first-order chi connectivity index (χ1) is 14.4. The van der Waals surface area contributed by atoms with E-state index in [0.717, 1.165) is 16.5 Å². The number of nitrogens with one attached hydrogen (secondary N) is 2. The molecule has 0 unspecified atom stereocenters. The summed E-state index contributed by atoms with van der Waals surface area (Å²) < 4.78 is 23.8. The highest BCUT2D eigenvalue weighted by Gasteiger charge is 2.16. The van der Waals surface area contributed by atoms with Crippen molar-refractivity contribution >= 4 is 26.8 Å². The van der Waals surface area contributed by atoms with E-state index in [2.05, 4.69) is 15.3 Å². The first kappa shape index (κ1) is 19.8. The number of aromatic nitrogens is 2. The van der Waals surface area contributed by atoms with Crippen LogP contribution in [0, 0.1) is 0 Å². The monoisotopic (exact) mass is 420 g/mol. The zero-order valence-corrected chi connectivity index (χ0v) is 16.8. The maximum absolute atomic E-state index is 12.3. The Bertz CT molecular complexity index is 1310. The molecule has 0 atom stereocenters. The second-order valence-electron chi connectivity index (χ2n) is 6.83. The van der Waals surface area contributed by atoms with Gasteiger partial charge in [-0.3, -0.25) is 9.78 Å². The van der Waals surface area contributed by atoms with Gasteiger partial charge in [-0.15, -0.1) is 0 Å². The number of carbonyl (C=O) groups is 1. The van der Waals surface area contributed by atoms with Crippen molar-refractivity contribution in [3.8, 4) is 11.3 Å². The van der Waals surface area contributed by atoms with E-state index in [1.807, 2.05) is 30.3 Å². The van der Waals surface area contributed by atoms with Crippen molar-refractivity contribution in [2.75, 3.05) is 6.54 Å². The van der Waals surface area contributed by atoms with Gasteiger partial charge >= 0.3 is 0 Å². The molecule has 0 saturated carbocycles. The lowest BCUT2D eigenvalue weighted by atomic mass is 9.99. The molecule has 7 nitrogen and oxygen atoms in total. The molecule has 152 valence electrons. The molecule has 0 bridgehead atoms. The van der Waals surface area contributed by atoms with E-state index >= 15 is 0 Å². The summed E-state index contributed by atoms with van der Waals surface area (Å²) in [6.07, 6.45) is 3.97. The van der Waals surface area contributed by atoms with Crippen molar-refractivity contribution in [2.45, 2.75) is 11.3 Å². The summed E-state index contributed by atoms with van der Waals surface area (Å²) in [6, 6.07) is 17.4. The van der Waals surface area contributed by atoms with E-state index in [1.54, 1.807) is 36.7 Å². The fourth-order valence-electron chi connectivity index (χ4n) is 3.37. The Morgan fingerprint density at radius 2 is 1.87 bits per heavy atom. The first-order valence-corrected chi connectivity index (χ1v) is 10.9. The van der Waals surface area contributed by atoms with Crippen molar-refractivity contribution in [3.63, 3.8) is 0 Å². The van der Waals surface area contributed by atoms with E-state index in [1.165, 1.54) is 6.07 Å². The Hall–Kier alpha value is -3.49. The fourth-order valence-corrected chi connectivity index (χ4v) is 3.91. The largest absolute Gasteiger partial charge is 0.361 e. The van der Waals surface area contributed by atoms with E-state index in [0.29, 0.717) is 29.8 Å². The molecule has 4 aromatic rings. The van der Waals surface area contributed by atoms with Crippen LogP contribution in [0.15, 0.2) is 78.0 Å². The number of pyridine rings is 1. The van der Waals surface area contributed by atoms with Crippen molar-refractivity contribution in [2.24, 2.45) is 5.14 Å². The molecule has 0 spiro atoms. The SMILES string of the molecule is NS(=O)(=O)c1ccc(CCNC(=O)c2ccccc2)c(-c2nccc3[nH]ccc23)c1. The molecule has 8 heteroatoms. The summed E-state index contributed by atoms with van der Waals surface area (Å²) in [7, 11) is -3.87. The van der Waals surface area contributed by atoms with Crippen LogP contribution in [0.5, 0.6) is 0 Å². The molecule has 0 fully saturated rings. The normalized spacial score (nSPS) is 11.5. The van der Waals surface area contributed by atoms with Gasteiger partial charge in [0, 0.05) is 41.0 Å². The van der Waals surface area contributed by atoms with Gasteiger partial charge in [0.2, 0.25) is 10.0 Å². The lowest BCUT2D eigenvalue weighted by molar-refractivity contribution is 0.0954. The number of amides is 1. The van der Waals surface area contributed by atoms with Crippen LogP contribution in [0.4, 0.5) is 0 Å². The molecule has 1 amide bonds. The summed E-state index contributed by atoms with van der Waals surface area (Å²) >= 11 is 0. The summed E-state index contributed by atoms with van der Waals surface area (Å²) in [6.45, 7) is 0.387. The van der Waals surface area contributed by atoms with Crippen molar-refractivity contribution in [1.29, 1.82) is 0 Å². The molecular weight excluding hydrogens is 400 g/mol. The van der Waals surface area contributed by atoms with Crippen LogP contribution in [-0.2, 0) is 16.4 Å². The van der Waals surface area contributed by atoms with E-state index in [-0.39, 0.29) is 10.8 Å². The van der Waals surface area contributed by atoms with Crippen LogP contribution < -0.4 is 10.5 Å². The Balaban J connectivity index is 1.66. The Kier molecular flexibility index (Phi) is 5.35. The second kappa shape index (κ2) is 8.10. The predicted octanol–water partition coefficient (Wildman–Crippen LogP) is 2.85. The lowest BCUT2D eigenvalue weighted by Crippen LogP contribution is -2.25. The number of nitrogens with zero attached hydrogens (tertiary/aromatic N) is 1. The van der Waals surface area contributed by atoms with Gasteiger partial charge in [-0.2, -0.15) is 0 Å². The fraction of sp³-hybridized carbons (Fsp3) is 0.0909. The summed E-state index contributed by atoms with van der Waals surface area (Å²) in [5.74, 6) is -0.163. The van der Waals surface area contributed by atoms with Gasteiger partial charge in [0.05, 0.1) is 10.6 Å². The molecule has 0 radical (unpaired) electrons. The van der Waals surface area contributed by atoms with Gasteiger partial charge in [-0.25, -0.2) is 13.6 Å². The highest BCUT2D eigenvalue weighted by Crippen LogP contribution is 2.30. The standard InChI is InChI=1S/C22H20N4O3S/c23-30(28,29)17-7-6-15(8-11-26-22(27)16-4-2-1-3-5-16)19(14-17)21-18-9-12-24-20(18)10-13-25-21/h1-7,9-10,12-14,24H,8,11H2,(H,26,27)(H2,23,28,29). The molecular formula is C22H20N4O3S.